The van der Waals surface area contributed by atoms with Gasteiger partial charge in [0.05, 0.1) is 6.54 Å². The van der Waals surface area contributed by atoms with Crippen molar-refractivity contribution in [1.82, 2.24) is 14.9 Å². The Balaban J connectivity index is 1.70. The Morgan fingerprint density at radius 1 is 1.15 bits per heavy atom. The molecular formula is C21H23N3O2. The molecule has 0 saturated carbocycles. The molecule has 2 N–H and O–H groups in total. The molecule has 0 unspecified atom stereocenters. The molecule has 2 atom stereocenters. The van der Waals surface area contributed by atoms with Crippen LogP contribution in [0.4, 0.5) is 0 Å². The molecule has 0 spiro atoms. The second kappa shape index (κ2) is 7.54. The lowest BCUT2D eigenvalue weighted by atomic mass is 9.84. The zero-order valence-electron chi connectivity index (χ0n) is 15.0. The molecule has 5 nitrogen and oxygen atoms in total. The highest BCUT2D eigenvalue weighted by Crippen LogP contribution is 2.28. The molecule has 0 aliphatic carbocycles. The number of nitrogens with zero attached hydrogens (tertiary/aromatic N) is 2. The molecule has 1 heterocycles. The minimum absolute atomic E-state index is 0.235. The molecule has 26 heavy (non-hydrogen) atoms. The number of amides is 1. The fourth-order valence-corrected chi connectivity index (χ4v) is 2.89. The van der Waals surface area contributed by atoms with Crippen LogP contribution >= 0.6 is 0 Å². The Morgan fingerprint density at radius 3 is 2.42 bits per heavy atom. The Labute approximate surface area is 153 Å². The van der Waals surface area contributed by atoms with Gasteiger partial charge in [0, 0.05) is 24.0 Å². The van der Waals surface area contributed by atoms with Gasteiger partial charge in [0.25, 0.3) is 5.91 Å². The van der Waals surface area contributed by atoms with E-state index in [1.54, 1.807) is 13.1 Å². The van der Waals surface area contributed by atoms with Crippen LogP contribution in [-0.4, -0.2) is 26.2 Å². The molecule has 3 aromatic rings. The molecule has 0 radical (unpaired) electrons. The number of hydrogen-bond acceptors (Lipinski definition) is 3. The van der Waals surface area contributed by atoms with Crippen LogP contribution in [0.2, 0.25) is 0 Å². The number of para-hydroxylation sites is 1. The maximum atomic E-state index is 12.6. The maximum Gasteiger partial charge on any atom is 0.252 e. The Morgan fingerprint density at radius 2 is 1.77 bits per heavy atom. The SMILES string of the molecule is C[C@H](c1ccccc1)[C@@](C)(O)C(=O)NCc1nccn1-c1ccccc1. The molecular weight excluding hydrogens is 326 g/mol. The van der Waals surface area contributed by atoms with E-state index in [1.807, 2.05) is 78.4 Å². The summed E-state index contributed by atoms with van der Waals surface area (Å²) in [4.78, 5) is 16.9. The molecule has 0 bridgehead atoms. The zero-order chi connectivity index (χ0) is 18.6. The number of benzene rings is 2. The van der Waals surface area contributed by atoms with Gasteiger partial charge in [-0.3, -0.25) is 4.79 Å². The highest BCUT2D eigenvalue weighted by atomic mass is 16.3. The van der Waals surface area contributed by atoms with Crippen LogP contribution in [0.5, 0.6) is 0 Å². The largest absolute Gasteiger partial charge is 0.380 e. The van der Waals surface area contributed by atoms with Crippen LogP contribution in [0.1, 0.15) is 31.2 Å². The molecule has 1 aromatic heterocycles. The minimum atomic E-state index is -1.52. The molecule has 0 aliphatic heterocycles. The average molecular weight is 349 g/mol. The van der Waals surface area contributed by atoms with E-state index in [4.69, 9.17) is 0 Å². The normalized spacial score (nSPS) is 14.4. The summed E-state index contributed by atoms with van der Waals surface area (Å²) in [5.74, 6) is -0.0539. The zero-order valence-corrected chi connectivity index (χ0v) is 15.0. The van der Waals surface area contributed by atoms with Gasteiger partial charge in [0.2, 0.25) is 0 Å². The number of nitrogens with one attached hydrogen (secondary N) is 1. The molecule has 5 heteroatoms. The monoisotopic (exact) mass is 349 g/mol. The lowest BCUT2D eigenvalue weighted by Crippen LogP contribution is -2.48. The quantitative estimate of drug-likeness (QED) is 0.719. The van der Waals surface area contributed by atoms with Gasteiger partial charge in [-0.15, -0.1) is 0 Å². The summed E-state index contributed by atoms with van der Waals surface area (Å²) in [6.45, 7) is 3.63. The number of carbonyl (C=O) groups excluding carboxylic acids is 1. The van der Waals surface area contributed by atoms with Gasteiger partial charge in [-0.25, -0.2) is 4.98 Å². The molecule has 2 aromatic carbocycles. The van der Waals surface area contributed by atoms with E-state index in [-0.39, 0.29) is 12.5 Å². The molecule has 0 saturated heterocycles. The van der Waals surface area contributed by atoms with Crippen LogP contribution in [0.15, 0.2) is 73.1 Å². The third-order valence-corrected chi connectivity index (χ3v) is 4.76. The van der Waals surface area contributed by atoms with Crippen molar-refractivity contribution in [2.45, 2.75) is 31.9 Å². The third kappa shape index (κ3) is 3.68. The number of hydrogen-bond donors (Lipinski definition) is 2. The van der Waals surface area contributed by atoms with E-state index in [1.165, 1.54) is 0 Å². The summed E-state index contributed by atoms with van der Waals surface area (Å²) in [6.07, 6.45) is 3.54. The highest BCUT2D eigenvalue weighted by Gasteiger charge is 2.37. The maximum absolute atomic E-state index is 12.6. The standard InChI is InChI=1S/C21H23N3O2/c1-16(17-9-5-3-6-10-17)21(2,26)20(25)23-15-19-22-13-14-24(19)18-11-7-4-8-12-18/h3-14,16,26H,15H2,1-2H3,(H,23,25)/t16-,21-/m1/s1. The van der Waals surface area contributed by atoms with Gasteiger partial charge in [0.15, 0.2) is 0 Å². The summed E-state index contributed by atoms with van der Waals surface area (Å²) in [5.41, 5.74) is 0.364. The van der Waals surface area contributed by atoms with Crippen LogP contribution in [0.25, 0.3) is 5.69 Å². The van der Waals surface area contributed by atoms with Crippen molar-refractivity contribution in [2.24, 2.45) is 0 Å². The molecule has 0 aliphatic rings. The van der Waals surface area contributed by atoms with E-state index in [9.17, 15) is 9.90 Å². The number of aromatic nitrogens is 2. The van der Waals surface area contributed by atoms with Crippen LogP contribution in [0.3, 0.4) is 0 Å². The summed E-state index contributed by atoms with van der Waals surface area (Å²) >= 11 is 0. The average Bonchev–Trinajstić information content (AvgIpc) is 3.15. The van der Waals surface area contributed by atoms with Crippen molar-refractivity contribution < 1.29 is 9.90 Å². The second-order valence-corrected chi connectivity index (χ2v) is 6.51. The Bertz CT molecular complexity index is 857. The highest BCUT2D eigenvalue weighted by molar-refractivity contribution is 5.85. The summed E-state index contributed by atoms with van der Waals surface area (Å²) in [6, 6.07) is 19.3. The van der Waals surface area contributed by atoms with E-state index >= 15 is 0 Å². The van der Waals surface area contributed by atoms with E-state index < -0.39 is 11.5 Å². The van der Waals surface area contributed by atoms with E-state index in [2.05, 4.69) is 10.3 Å². The van der Waals surface area contributed by atoms with Crippen molar-refractivity contribution in [2.75, 3.05) is 0 Å². The minimum Gasteiger partial charge on any atom is -0.380 e. The van der Waals surface area contributed by atoms with Gasteiger partial charge >= 0.3 is 0 Å². The fourth-order valence-electron chi connectivity index (χ4n) is 2.89. The van der Waals surface area contributed by atoms with Crippen molar-refractivity contribution >= 4 is 5.91 Å². The van der Waals surface area contributed by atoms with Gasteiger partial charge in [-0.05, 0) is 24.6 Å². The van der Waals surface area contributed by atoms with Gasteiger partial charge in [0.1, 0.15) is 11.4 Å². The summed E-state index contributed by atoms with van der Waals surface area (Å²) in [7, 11) is 0. The lowest BCUT2D eigenvalue weighted by molar-refractivity contribution is -0.140. The first-order chi connectivity index (χ1) is 12.5. The van der Waals surface area contributed by atoms with Gasteiger partial charge in [-0.1, -0.05) is 55.5 Å². The van der Waals surface area contributed by atoms with Gasteiger partial charge < -0.3 is 15.0 Å². The Hall–Kier alpha value is -2.92. The molecule has 1 amide bonds. The van der Waals surface area contributed by atoms with E-state index in [0.29, 0.717) is 5.82 Å². The second-order valence-electron chi connectivity index (χ2n) is 6.51. The predicted molar refractivity (Wildman–Crippen MR) is 101 cm³/mol. The van der Waals surface area contributed by atoms with Crippen molar-refractivity contribution in [3.05, 3.63) is 84.4 Å². The fraction of sp³-hybridized carbons (Fsp3) is 0.238. The number of imidazole rings is 1. The first-order valence-electron chi connectivity index (χ1n) is 8.63. The lowest BCUT2D eigenvalue weighted by Gasteiger charge is -2.29. The topological polar surface area (TPSA) is 67.2 Å². The summed E-state index contributed by atoms with van der Waals surface area (Å²) in [5, 5.41) is 13.6. The third-order valence-electron chi connectivity index (χ3n) is 4.76. The molecule has 3 rings (SSSR count). The Kier molecular flexibility index (Phi) is 5.19. The predicted octanol–water partition coefficient (Wildman–Crippen LogP) is 3.04. The number of aliphatic hydroxyl groups is 1. The van der Waals surface area contributed by atoms with Gasteiger partial charge in [-0.2, -0.15) is 0 Å². The van der Waals surface area contributed by atoms with Crippen LogP contribution < -0.4 is 5.32 Å². The van der Waals surface area contributed by atoms with Crippen molar-refractivity contribution in [3.63, 3.8) is 0 Å². The van der Waals surface area contributed by atoms with E-state index in [0.717, 1.165) is 11.3 Å². The summed E-state index contributed by atoms with van der Waals surface area (Å²) < 4.78 is 1.91. The molecule has 0 fully saturated rings. The smallest absolute Gasteiger partial charge is 0.252 e. The number of carbonyl (C=O) groups is 1. The van der Waals surface area contributed by atoms with Crippen LogP contribution in [-0.2, 0) is 11.3 Å². The molecule has 134 valence electrons. The van der Waals surface area contributed by atoms with Crippen molar-refractivity contribution in [3.8, 4) is 5.69 Å². The van der Waals surface area contributed by atoms with Crippen molar-refractivity contribution in [1.29, 1.82) is 0 Å². The first-order valence-corrected chi connectivity index (χ1v) is 8.63. The first kappa shape index (κ1) is 17.9. The number of rotatable bonds is 6. The van der Waals surface area contributed by atoms with Crippen LogP contribution in [0, 0.1) is 0 Å².